The fourth-order valence-electron chi connectivity index (χ4n) is 2.35. The van der Waals surface area contributed by atoms with Gasteiger partial charge in [0, 0.05) is 6.07 Å². The van der Waals surface area contributed by atoms with E-state index >= 15 is 0 Å². The van der Waals surface area contributed by atoms with E-state index in [1.54, 1.807) is 6.07 Å². The number of furan rings is 1. The molecule has 2 unspecified atom stereocenters. The van der Waals surface area contributed by atoms with Crippen LogP contribution in [0, 0.1) is 17.7 Å². The normalized spacial score (nSPS) is 14.7. The highest BCUT2D eigenvalue weighted by Gasteiger charge is 2.28. The Morgan fingerprint density at radius 3 is 2.70 bits per heavy atom. The van der Waals surface area contributed by atoms with Gasteiger partial charge in [-0.15, -0.1) is 0 Å². The number of ether oxygens (including phenoxy) is 1. The molecule has 2 heterocycles. The molecule has 20 heavy (non-hydrogen) atoms. The molecular formula is C15H20FNO3. The van der Waals surface area contributed by atoms with E-state index in [4.69, 9.17) is 9.15 Å². The molecule has 0 saturated heterocycles. The van der Waals surface area contributed by atoms with Crippen molar-refractivity contribution in [2.75, 3.05) is 0 Å². The topological polar surface area (TPSA) is 55.2 Å². The molecule has 110 valence electrons. The van der Waals surface area contributed by atoms with Gasteiger partial charge in [0.05, 0.1) is 11.8 Å². The Hall–Kier alpha value is -1.78. The zero-order valence-corrected chi connectivity index (χ0v) is 12.2. The van der Waals surface area contributed by atoms with Crippen LogP contribution in [0.2, 0.25) is 0 Å². The maximum Gasteiger partial charge on any atom is 0.358 e. The molecule has 0 spiro atoms. The predicted molar refractivity (Wildman–Crippen MR) is 74.0 cm³/mol. The molecule has 2 atom stereocenters. The molecule has 0 aliphatic carbocycles. The first-order chi connectivity index (χ1) is 9.45. The summed E-state index contributed by atoms with van der Waals surface area (Å²) in [6, 6.07) is 1.57. The Bertz CT molecular complexity index is 599. The minimum Gasteiger partial charge on any atom is -0.460 e. The minimum atomic E-state index is -0.693. The second kappa shape index (κ2) is 5.69. The third-order valence-corrected chi connectivity index (χ3v) is 3.65. The van der Waals surface area contributed by atoms with Crippen LogP contribution in [0.4, 0.5) is 4.39 Å². The number of H-pyrrole nitrogens is 1. The van der Waals surface area contributed by atoms with Crippen LogP contribution in [-0.4, -0.2) is 17.1 Å². The van der Waals surface area contributed by atoms with E-state index in [9.17, 15) is 9.18 Å². The molecule has 2 aromatic heterocycles. The number of aromatic nitrogens is 1. The zero-order chi connectivity index (χ0) is 14.9. The maximum absolute atomic E-state index is 14.0. The number of hydrogen-bond donors (Lipinski definition) is 1. The van der Waals surface area contributed by atoms with Crippen molar-refractivity contribution in [3.05, 3.63) is 23.8 Å². The van der Waals surface area contributed by atoms with E-state index in [1.807, 2.05) is 27.7 Å². The lowest BCUT2D eigenvalue weighted by atomic mass is 9.93. The summed E-state index contributed by atoms with van der Waals surface area (Å²) >= 11 is 0. The Balaban J connectivity index is 2.22. The summed E-state index contributed by atoms with van der Waals surface area (Å²) < 4.78 is 24.5. The fourth-order valence-corrected chi connectivity index (χ4v) is 2.35. The molecule has 4 nitrogen and oxygen atoms in total. The van der Waals surface area contributed by atoms with Gasteiger partial charge >= 0.3 is 5.97 Å². The SMILES string of the molecule is CCC(C)C(OC(=O)c1[nH]c2ccoc2c1F)C(C)C. The molecule has 5 heteroatoms. The Labute approximate surface area is 117 Å². The van der Waals surface area contributed by atoms with Crippen LogP contribution in [0.5, 0.6) is 0 Å². The van der Waals surface area contributed by atoms with Crippen molar-refractivity contribution < 1.29 is 18.3 Å². The molecule has 0 fully saturated rings. The predicted octanol–water partition coefficient (Wildman–Crippen LogP) is 4.13. The Morgan fingerprint density at radius 1 is 1.45 bits per heavy atom. The molecule has 2 rings (SSSR count). The summed E-state index contributed by atoms with van der Waals surface area (Å²) in [7, 11) is 0. The van der Waals surface area contributed by atoms with E-state index < -0.39 is 11.8 Å². The number of nitrogens with one attached hydrogen (secondary N) is 1. The van der Waals surface area contributed by atoms with Crippen LogP contribution >= 0.6 is 0 Å². The van der Waals surface area contributed by atoms with Crippen LogP contribution in [0.25, 0.3) is 11.1 Å². The van der Waals surface area contributed by atoms with Crippen molar-refractivity contribution in [2.24, 2.45) is 11.8 Å². The highest BCUT2D eigenvalue weighted by Crippen LogP contribution is 2.25. The molecule has 0 amide bonds. The van der Waals surface area contributed by atoms with E-state index in [-0.39, 0.29) is 29.2 Å². The molecule has 0 aliphatic heterocycles. The van der Waals surface area contributed by atoms with Crippen molar-refractivity contribution in [1.82, 2.24) is 4.98 Å². The van der Waals surface area contributed by atoms with Crippen LogP contribution in [0.1, 0.15) is 44.6 Å². The van der Waals surface area contributed by atoms with Gasteiger partial charge in [0.25, 0.3) is 0 Å². The van der Waals surface area contributed by atoms with Crippen molar-refractivity contribution in [2.45, 2.75) is 40.2 Å². The van der Waals surface area contributed by atoms with Crippen molar-refractivity contribution in [1.29, 1.82) is 0 Å². The molecular weight excluding hydrogens is 261 g/mol. The lowest BCUT2D eigenvalue weighted by Crippen LogP contribution is -2.30. The summed E-state index contributed by atoms with van der Waals surface area (Å²) in [6.45, 7) is 8.03. The zero-order valence-electron chi connectivity index (χ0n) is 12.2. The van der Waals surface area contributed by atoms with E-state index in [0.29, 0.717) is 5.52 Å². The third-order valence-electron chi connectivity index (χ3n) is 3.65. The Morgan fingerprint density at radius 2 is 2.15 bits per heavy atom. The molecule has 0 bridgehead atoms. The molecule has 0 aromatic carbocycles. The van der Waals surface area contributed by atoms with Crippen molar-refractivity contribution in [3.8, 4) is 0 Å². The summed E-state index contributed by atoms with van der Waals surface area (Å²) in [6.07, 6.45) is 2.03. The van der Waals surface area contributed by atoms with Gasteiger partial charge in [0.15, 0.2) is 17.1 Å². The highest BCUT2D eigenvalue weighted by molar-refractivity contribution is 5.93. The number of esters is 1. The molecule has 0 radical (unpaired) electrons. The largest absolute Gasteiger partial charge is 0.460 e. The summed E-state index contributed by atoms with van der Waals surface area (Å²) in [5.74, 6) is -0.968. The number of carbonyl (C=O) groups is 1. The molecule has 2 aromatic rings. The highest BCUT2D eigenvalue weighted by atomic mass is 19.1. The van der Waals surface area contributed by atoms with Crippen molar-refractivity contribution in [3.63, 3.8) is 0 Å². The average molecular weight is 281 g/mol. The van der Waals surface area contributed by atoms with Gasteiger partial charge in [-0.25, -0.2) is 9.18 Å². The monoisotopic (exact) mass is 281 g/mol. The van der Waals surface area contributed by atoms with Crippen molar-refractivity contribution >= 4 is 17.1 Å². The van der Waals surface area contributed by atoms with Crippen LogP contribution in [0.3, 0.4) is 0 Å². The maximum atomic E-state index is 14.0. The van der Waals surface area contributed by atoms with E-state index in [0.717, 1.165) is 6.42 Å². The number of carbonyl (C=O) groups excluding carboxylic acids is 1. The number of fused-ring (bicyclic) bond motifs is 1. The summed E-state index contributed by atoms with van der Waals surface area (Å²) in [4.78, 5) is 14.8. The molecule has 0 aliphatic rings. The smallest absolute Gasteiger partial charge is 0.358 e. The first-order valence-corrected chi connectivity index (χ1v) is 6.91. The summed E-state index contributed by atoms with van der Waals surface area (Å²) in [5, 5.41) is 0. The molecule has 0 saturated carbocycles. The van der Waals surface area contributed by atoms with Crippen LogP contribution in [0.15, 0.2) is 16.7 Å². The lowest BCUT2D eigenvalue weighted by molar-refractivity contribution is -0.00115. The standard InChI is InChI=1S/C15H20FNO3/c1-5-9(4)13(8(2)3)20-15(18)12-11(16)14-10(17-12)6-7-19-14/h6-9,13,17H,5H2,1-4H3. The second-order valence-corrected chi connectivity index (χ2v) is 5.48. The van der Waals surface area contributed by atoms with Crippen LogP contribution < -0.4 is 0 Å². The van der Waals surface area contributed by atoms with Gasteiger partial charge in [0.1, 0.15) is 6.10 Å². The quantitative estimate of drug-likeness (QED) is 0.838. The van der Waals surface area contributed by atoms with Gasteiger partial charge in [0.2, 0.25) is 0 Å². The van der Waals surface area contributed by atoms with Gasteiger partial charge in [-0.1, -0.05) is 34.1 Å². The Kier molecular flexibility index (Phi) is 4.16. The minimum absolute atomic E-state index is 0.0570. The van der Waals surface area contributed by atoms with E-state index in [1.165, 1.54) is 6.26 Å². The first-order valence-electron chi connectivity index (χ1n) is 6.91. The van der Waals surface area contributed by atoms with Crippen LogP contribution in [-0.2, 0) is 4.74 Å². The van der Waals surface area contributed by atoms with Gasteiger partial charge in [-0.05, 0) is 11.8 Å². The number of aromatic amines is 1. The average Bonchev–Trinajstić information content (AvgIpc) is 2.98. The number of halogens is 1. The molecule has 1 N–H and O–H groups in total. The number of rotatable bonds is 5. The fraction of sp³-hybridized carbons (Fsp3) is 0.533. The second-order valence-electron chi connectivity index (χ2n) is 5.48. The number of hydrogen-bond acceptors (Lipinski definition) is 3. The lowest BCUT2D eigenvalue weighted by Gasteiger charge is -2.26. The third kappa shape index (κ3) is 2.57. The first kappa shape index (κ1) is 14.6. The summed E-state index contributed by atoms with van der Waals surface area (Å²) in [5.41, 5.74) is 0.342. The van der Waals surface area contributed by atoms with Gasteiger partial charge < -0.3 is 14.1 Å². The van der Waals surface area contributed by atoms with Gasteiger partial charge in [-0.2, -0.15) is 0 Å². The van der Waals surface area contributed by atoms with E-state index in [2.05, 4.69) is 4.98 Å². The van der Waals surface area contributed by atoms with Gasteiger partial charge in [-0.3, -0.25) is 0 Å².